The summed E-state index contributed by atoms with van der Waals surface area (Å²) in [7, 11) is 0. The van der Waals surface area contributed by atoms with Gasteiger partial charge in [0, 0.05) is 41.7 Å². The van der Waals surface area contributed by atoms with Crippen LogP contribution in [0.5, 0.6) is 0 Å². The van der Waals surface area contributed by atoms with E-state index in [-0.39, 0.29) is 5.89 Å². The van der Waals surface area contributed by atoms with E-state index in [0.717, 1.165) is 29.2 Å². The zero-order valence-corrected chi connectivity index (χ0v) is 17.6. The summed E-state index contributed by atoms with van der Waals surface area (Å²) < 4.78 is 45.1. The summed E-state index contributed by atoms with van der Waals surface area (Å²) in [4.78, 5) is 7.60. The molecule has 0 aromatic carbocycles. The fourth-order valence-electron chi connectivity index (χ4n) is 3.51. The average molecular weight is 461 g/mol. The molecule has 0 radical (unpaired) electrons. The van der Waals surface area contributed by atoms with Gasteiger partial charge in [0.05, 0.1) is 24.0 Å². The van der Waals surface area contributed by atoms with E-state index in [1.165, 1.54) is 6.20 Å². The molecule has 1 atom stereocenters. The molecule has 4 aromatic heterocycles. The molecule has 0 spiro atoms. The minimum Gasteiger partial charge on any atom is -0.415 e. The standard InChI is InChI=1S/C20H18F3N7OS/c21-14-3-4-29(7-14)9-16-5-13(11-32-16)17-10-30(28-25-17)8-15-2-1-12(6-24-15)19-26-27-20(31-19)18(22)23/h1-2,5-6,10-11,14,18H,3-4,7-9H2/t14-/m1/s1. The number of hydrogen-bond donors (Lipinski definition) is 0. The van der Waals surface area contributed by atoms with Crippen LogP contribution in [0.3, 0.4) is 0 Å². The lowest BCUT2D eigenvalue weighted by atomic mass is 10.2. The highest BCUT2D eigenvalue weighted by atomic mass is 32.1. The summed E-state index contributed by atoms with van der Waals surface area (Å²) in [6.45, 7) is 2.42. The molecule has 0 N–H and O–H groups in total. The highest BCUT2D eigenvalue weighted by molar-refractivity contribution is 7.10. The van der Waals surface area contributed by atoms with Gasteiger partial charge in [0.2, 0.25) is 5.89 Å². The van der Waals surface area contributed by atoms with Gasteiger partial charge in [0.1, 0.15) is 11.9 Å². The van der Waals surface area contributed by atoms with Crippen molar-refractivity contribution >= 4 is 11.3 Å². The van der Waals surface area contributed by atoms with Crippen molar-refractivity contribution in [2.75, 3.05) is 13.1 Å². The number of thiophene rings is 1. The second-order valence-electron chi connectivity index (χ2n) is 7.51. The maximum atomic E-state index is 13.4. The van der Waals surface area contributed by atoms with Gasteiger partial charge >= 0.3 is 6.43 Å². The first kappa shape index (κ1) is 20.8. The van der Waals surface area contributed by atoms with Crippen LogP contribution in [0, 0.1) is 0 Å². The lowest BCUT2D eigenvalue weighted by Gasteiger charge is -2.12. The summed E-state index contributed by atoms with van der Waals surface area (Å²) in [5.74, 6) is -0.727. The highest BCUT2D eigenvalue weighted by Crippen LogP contribution is 2.27. The second kappa shape index (κ2) is 8.79. The van der Waals surface area contributed by atoms with Crippen molar-refractivity contribution in [3.8, 4) is 22.7 Å². The van der Waals surface area contributed by atoms with Crippen LogP contribution in [0.4, 0.5) is 13.2 Å². The predicted octanol–water partition coefficient (Wildman–Crippen LogP) is 3.98. The van der Waals surface area contributed by atoms with Gasteiger partial charge in [-0.05, 0) is 24.6 Å². The molecular weight excluding hydrogens is 443 g/mol. The third-order valence-corrected chi connectivity index (χ3v) is 6.03. The fraction of sp³-hybridized carbons (Fsp3) is 0.350. The molecule has 5 rings (SSSR count). The van der Waals surface area contributed by atoms with E-state index in [1.54, 1.807) is 28.2 Å². The van der Waals surface area contributed by atoms with E-state index < -0.39 is 18.5 Å². The first-order valence-electron chi connectivity index (χ1n) is 9.94. The van der Waals surface area contributed by atoms with Gasteiger partial charge < -0.3 is 4.42 Å². The molecule has 1 fully saturated rings. The van der Waals surface area contributed by atoms with Gasteiger partial charge in [-0.25, -0.2) is 9.07 Å². The zero-order chi connectivity index (χ0) is 22.1. The highest BCUT2D eigenvalue weighted by Gasteiger charge is 2.22. The molecule has 0 unspecified atom stereocenters. The van der Waals surface area contributed by atoms with E-state index in [4.69, 9.17) is 4.42 Å². The number of likely N-dealkylation sites (tertiary alicyclic amines) is 1. The topological polar surface area (TPSA) is 85.8 Å². The third-order valence-electron chi connectivity index (χ3n) is 5.11. The molecule has 1 saturated heterocycles. The van der Waals surface area contributed by atoms with Crippen LogP contribution < -0.4 is 0 Å². The van der Waals surface area contributed by atoms with Gasteiger partial charge in [-0.2, -0.15) is 8.78 Å². The van der Waals surface area contributed by atoms with Crippen molar-refractivity contribution in [2.24, 2.45) is 0 Å². The number of aromatic nitrogens is 6. The third kappa shape index (κ3) is 4.55. The van der Waals surface area contributed by atoms with E-state index in [0.29, 0.717) is 30.8 Å². The van der Waals surface area contributed by atoms with Crippen molar-refractivity contribution in [2.45, 2.75) is 32.1 Å². The average Bonchev–Trinajstić information content (AvgIpc) is 3.56. The van der Waals surface area contributed by atoms with Crippen LogP contribution in [0.15, 0.2) is 40.4 Å². The maximum Gasteiger partial charge on any atom is 0.314 e. The van der Waals surface area contributed by atoms with E-state index in [9.17, 15) is 13.2 Å². The van der Waals surface area contributed by atoms with Crippen molar-refractivity contribution in [1.29, 1.82) is 0 Å². The molecule has 4 aromatic rings. The van der Waals surface area contributed by atoms with Crippen LogP contribution in [0.1, 0.15) is 29.3 Å². The van der Waals surface area contributed by atoms with E-state index >= 15 is 0 Å². The Balaban J connectivity index is 1.22. The zero-order valence-electron chi connectivity index (χ0n) is 16.7. The molecule has 1 aliphatic heterocycles. The number of pyridine rings is 1. The van der Waals surface area contributed by atoms with Crippen molar-refractivity contribution in [1.82, 2.24) is 35.1 Å². The van der Waals surface area contributed by atoms with Crippen LogP contribution in [0.25, 0.3) is 22.7 Å². The lowest BCUT2D eigenvalue weighted by molar-refractivity contribution is 0.116. The van der Waals surface area contributed by atoms with Crippen LogP contribution in [-0.4, -0.2) is 54.3 Å². The van der Waals surface area contributed by atoms with Gasteiger partial charge in [-0.1, -0.05) is 5.21 Å². The minimum absolute atomic E-state index is 0.00776. The summed E-state index contributed by atoms with van der Waals surface area (Å²) in [6, 6.07) is 5.48. The van der Waals surface area contributed by atoms with Crippen LogP contribution in [-0.2, 0) is 13.1 Å². The fourth-order valence-corrected chi connectivity index (χ4v) is 4.42. The number of nitrogens with zero attached hydrogens (tertiary/aromatic N) is 7. The minimum atomic E-state index is -2.81. The van der Waals surface area contributed by atoms with Crippen molar-refractivity contribution in [3.05, 3.63) is 52.4 Å². The van der Waals surface area contributed by atoms with Crippen molar-refractivity contribution < 1.29 is 17.6 Å². The molecule has 12 heteroatoms. The second-order valence-corrected chi connectivity index (χ2v) is 8.50. The molecular formula is C20H18F3N7OS. The maximum absolute atomic E-state index is 13.4. The summed E-state index contributed by atoms with van der Waals surface area (Å²) in [5.41, 5.74) is 2.89. The Morgan fingerprint density at radius 2 is 2.06 bits per heavy atom. The Morgan fingerprint density at radius 3 is 2.78 bits per heavy atom. The van der Waals surface area contributed by atoms with E-state index in [2.05, 4.69) is 36.5 Å². The molecule has 32 heavy (non-hydrogen) atoms. The lowest BCUT2D eigenvalue weighted by Crippen LogP contribution is -2.19. The molecule has 1 aliphatic rings. The smallest absolute Gasteiger partial charge is 0.314 e. The van der Waals surface area contributed by atoms with Crippen LogP contribution in [0.2, 0.25) is 0 Å². The monoisotopic (exact) mass is 461 g/mol. The Bertz CT molecular complexity index is 1190. The number of rotatable bonds is 7. The Hall–Kier alpha value is -3.12. The van der Waals surface area contributed by atoms with Gasteiger partial charge in [0.25, 0.3) is 5.89 Å². The largest absolute Gasteiger partial charge is 0.415 e. The van der Waals surface area contributed by atoms with Crippen molar-refractivity contribution in [3.63, 3.8) is 0 Å². The predicted molar refractivity (Wildman–Crippen MR) is 110 cm³/mol. The molecule has 5 heterocycles. The Labute approximate surface area is 184 Å². The van der Waals surface area contributed by atoms with Gasteiger partial charge in [0.15, 0.2) is 0 Å². The SMILES string of the molecule is FC(F)c1nnc(-c2ccc(Cn3cc(-c4csc(CN5CC[C@@H](F)C5)c4)nn3)nc2)o1. The quantitative estimate of drug-likeness (QED) is 0.412. The summed E-state index contributed by atoms with van der Waals surface area (Å²) in [5, 5.41) is 17.3. The molecule has 0 bridgehead atoms. The van der Waals surface area contributed by atoms with Gasteiger partial charge in [-0.3, -0.25) is 9.88 Å². The molecule has 166 valence electrons. The first-order chi connectivity index (χ1) is 15.5. The normalized spacial score (nSPS) is 16.9. The molecule has 0 aliphatic carbocycles. The van der Waals surface area contributed by atoms with Crippen LogP contribution >= 0.6 is 11.3 Å². The van der Waals surface area contributed by atoms with Gasteiger partial charge in [-0.15, -0.1) is 26.6 Å². The Morgan fingerprint density at radius 1 is 1.16 bits per heavy atom. The first-order valence-corrected chi connectivity index (χ1v) is 10.8. The number of hydrogen-bond acceptors (Lipinski definition) is 8. The molecule has 0 saturated carbocycles. The Kier molecular flexibility index (Phi) is 5.70. The number of halogens is 3. The molecule has 0 amide bonds. The number of alkyl halides is 3. The molecule has 8 nitrogen and oxygen atoms in total. The van der Waals surface area contributed by atoms with E-state index in [1.807, 2.05) is 11.6 Å². The summed E-state index contributed by atoms with van der Waals surface area (Å²) in [6.07, 6.45) is 0.391. The summed E-state index contributed by atoms with van der Waals surface area (Å²) >= 11 is 1.63.